The fraction of sp³-hybridized carbons (Fsp3) is 0.462. The summed E-state index contributed by atoms with van der Waals surface area (Å²) in [5, 5.41) is 22.9. The van der Waals surface area contributed by atoms with E-state index in [4.69, 9.17) is 0 Å². The Morgan fingerprint density at radius 1 is 1.58 bits per heavy atom. The van der Waals surface area contributed by atoms with Gasteiger partial charge in [0.05, 0.1) is 4.92 Å². The first-order valence-electron chi connectivity index (χ1n) is 6.24. The van der Waals surface area contributed by atoms with Crippen molar-refractivity contribution in [2.24, 2.45) is 11.8 Å². The molecular weight excluding hydrogens is 248 g/mol. The molecule has 0 spiro atoms. The van der Waals surface area contributed by atoms with E-state index in [1.165, 1.54) is 18.9 Å². The third-order valence-corrected chi connectivity index (χ3v) is 3.43. The van der Waals surface area contributed by atoms with Gasteiger partial charge in [0.1, 0.15) is 11.3 Å². The van der Waals surface area contributed by atoms with E-state index in [1.807, 2.05) is 0 Å². The molecule has 1 aromatic rings. The first-order valence-corrected chi connectivity index (χ1v) is 6.24. The van der Waals surface area contributed by atoms with Crippen LogP contribution in [0.1, 0.15) is 30.1 Å². The highest BCUT2D eigenvalue weighted by Gasteiger charge is 2.28. The largest absolute Gasteiger partial charge is 0.508 e. The number of carbonyl (C=O) groups is 1. The maximum atomic E-state index is 11.9. The summed E-state index contributed by atoms with van der Waals surface area (Å²) in [5.41, 5.74) is -0.401. The van der Waals surface area contributed by atoms with Crippen LogP contribution >= 0.6 is 0 Å². The molecule has 1 unspecified atom stereocenters. The summed E-state index contributed by atoms with van der Waals surface area (Å²) in [6, 6.07) is 3.45. The molecule has 1 aromatic carbocycles. The van der Waals surface area contributed by atoms with Gasteiger partial charge >= 0.3 is 0 Å². The van der Waals surface area contributed by atoms with Crippen molar-refractivity contribution in [2.45, 2.75) is 19.8 Å². The van der Waals surface area contributed by atoms with Crippen molar-refractivity contribution in [3.8, 4) is 5.75 Å². The normalized spacial score (nSPS) is 15.8. The predicted molar refractivity (Wildman–Crippen MR) is 69.0 cm³/mol. The lowest BCUT2D eigenvalue weighted by Crippen LogP contribution is -2.29. The van der Waals surface area contributed by atoms with E-state index in [9.17, 15) is 20.0 Å². The fourth-order valence-corrected chi connectivity index (χ4v) is 2.05. The van der Waals surface area contributed by atoms with E-state index in [1.54, 1.807) is 0 Å². The summed E-state index contributed by atoms with van der Waals surface area (Å²) in [6.07, 6.45) is 2.37. The van der Waals surface area contributed by atoms with Crippen LogP contribution < -0.4 is 5.32 Å². The number of nitro groups is 1. The fourth-order valence-electron chi connectivity index (χ4n) is 2.05. The van der Waals surface area contributed by atoms with Crippen molar-refractivity contribution < 1.29 is 14.8 Å². The van der Waals surface area contributed by atoms with Crippen LogP contribution in [0.5, 0.6) is 5.75 Å². The average Bonchev–Trinajstić information content (AvgIpc) is 3.19. The van der Waals surface area contributed by atoms with Gasteiger partial charge in [0, 0.05) is 12.6 Å². The number of rotatable bonds is 5. The van der Waals surface area contributed by atoms with Gasteiger partial charge in [-0.15, -0.1) is 0 Å². The Labute approximate surface area is 110 Å². The van der Waals surface area contributed by atoms with Gasteiger partial charge in [0.25, 0.3) is 11.6 Å². The Morgan fingerprint density at radius 3 is 2.84 bits per heavy atom. The summed E-state index contributed by atoms with van der Waals surface area (Å²) < 4.78 is 0. The molecule has 1 fully saturated rings. The lowest BCUT2D eigenvalue weighted by molar-refractivity contribution is -0.385. The second-order valence-electron chi connectivity index (χ2n) is 4.98. The highest BCUT2D eigenvalue weighted by Crippen LogP contribution is 2.36. The molecule has 19 heavy (non-hydrogen) atoms. The molecule has 0 heterocycles. The predicted octanol–water partition coefficient (Wildman–Crippen LogP) is 2.08. The van der Waals surface area contributed by atoms with Crippen LogP contribution in [0.3, 0.4) is 0 Å². The Kier molecular flexibility index (Phi) is 3.69. The van der Waals surface area contributed by atoms with E-state index < -0.39 is 10.8 Å². The molecule has 1 aliphatic carbocycles. The Morgan fingerprint density at radius 2 is 2.26 bits per heavy atom. The van der Waals surface area contributed by atoms with E-state index >= 15 is 0 Å². The first-order chi connectivity index (χ1) is 8.99. The van der Waals surface area contributed by atoms with Crippen molar-refractivity contribution in [1.82, 2.24) is 5.32 Å². The van der Waals surface area contributed by atoms with Crippen LogP contribution in [-0.2, 0) is 0 Å². The van der Waals surface area contributed by atoms with Crippen LogP contribution in [0.4, 0.5) is 5.69 Å². The minimum Gasteiger partial charge on any atom is -0.508 e. The van der Waals surface area contributed by atoms with Gasteiger partial charge in [-0.2, -0.15) is 0 Å². The second kappa shape index (κ2) is 5.26. The Balaban J connectivity index is 2.08. The van der Waals surface area contributed by atoms with Crippen LogP contribution in [0.15, 0.2) is 18.2 Å². The number of aromatic hydroxyl groups is 1. The van der Waals surface area contributed by atoms with Crippen molar-refractivity contribution in [1.29, 1.82) is 0 Å². The average molecular weight is 264 g/mol. The van der Waals surface area contributed by atoms with Gasteiger partial charge in [-0.1, -0.05) is 6.92 Å². The number of phenolic OH excluding ortho intramolecular Hbond substituents is 1. The first kappa shape index (κ1) is 13.3. The monoisotopic (exact) mass is 264 g/mol. The smallest absolute Gasteiger partial charge is 0.282 e. The number of hydrogen-bond donors (Lipinski definition) is 2. The standard InChI is InChI=1S/C13H16N2O4/c1-8(9-2-3-9)7-14-13(17)11-6-10(16)4-5-12(11)15(18)19/h4-6,8-9,16H,2-3,7H2,1H3,(H,14,17). The van der Waals surface area contributed by atoms with Gasteiger partial charge in [-0.3, -0.25) is 14.9 Å². The molecule has 1 saturated carbocycles. The zero-order chi connectivity index (χ0) is 14.0. The summed E-state index contributed by atoms with van der Waals surface area (Å²) in [7, 11) is 0. The van der Waals surface area contributed by atoms with E-state index in [-0.39, 0.29) is 17.0 Å². The van der Waals surface area contributed by atoms with Gasteiger partial charge in [-0.25, -0.2) is 0 Å². The van der Waals surface area contributed by atoms with Crippen molar-refractivity contribution in [2.75, 3.05) is 6.54 Å². The van der Waals surface area contributed by atoms with Gasteiger partial charge in [0.15, 0.2) is 0 Å². The Bertz CT molecular complexity index is 511. The topological polar surface area (TPSA) is 92.5 Å². The third kappa shape index (κ3) is 3.21. The number of phenols is 1. The molecule has 0 radical (unpaired) electrons. The van der Waals surface area contributed by atoms with Gasteiger partial charge in [0.2, 0.25) is 0 Å². The molecular formula is C13H16N2O4. The highest BCUT2D eigenvalue weighted by atomic mass is 16.6. The molecule has 1 aliphatic rings. The molecule has 0 bridgehead atoms. The van der Waals surface area contributed by atoms with Crippen LogP contribution in [0.25, 0.3) is 0 Å². The van der Waals surface area contributed by atoms with E-state index in [0.717, 1.165) is 12.1 Å². The molecule has 0 saturated heterocycles. The number of nitrogens with zero attached hydrogens (tertiary/aromatic N) is 1. The Hall–Kier alpha value is -2.11. The van der Waals surface area contributed by atoms with Crippen molar-refractivity contribution in [3.63, 3.8) is 0 Å². The van der Waals surface area contributed by atoms with Gasteiger partial charge in [-0.05, 0) is 36.8 Å². The molecule has 0 aliphatic heterocycles. The van der Waals surface area contributed by atoms with Gasteiger partial charge < -0.3 is 10.4 Å². The zero-order valence-corrected chi connectivity index (χ0v) is 10.6. The minimum absolute atomic E-state index is 0.104. The maximum Gasteiger partial charge on any atom is 0.282 e. The van der Waals surface area contributed by atoms with Crippen LogP contribution in [-0.4, -0.2) is 22.5 Å². The zero-order valence-electron chi connectivity index (χ0n) is 10.6. The maximum absolute atomic E-state index is 11.9. The second-order valence-corrected chi connectivity index (χ2v) is 4.98. The quantitative estimate of drug-likeness (QED) is 0.629. The summed E-state index contributed by atoms with van der Waals surface area (Å²) in [4.78, 5) is 22.2. The number of nitro benzene ring substituents is 1. The summed E-state index contributed by atoms with van der Waals surface area (Å²) in [5.74, 6) is 0.348. The molecule has 1 amide bonds. The van der Waals surface area contributed by atoms with Crippen molar-refractivity contribution in [3.05, 3.63) is 33.9 Å². The number of carbonyl (C=O) groups excluding carboxylic acids is 1. The molecule has 2 N–H and O–H groups in total. The van der Waals surface area contributed by atoms with E-state index in [2.05, 4.69) is 12.2 Å². The lowest BCUT2D eigenvalue weighted by Gasteiger charge is -2.11. The lowest BCUT2D eigenvalue weighted by atomic mass is 10.1. The number of amides is 1. The third-order valence-electron chi connectivity index (χ3n) is 3.43. The molecule has 2 rings (SSSR count). The van der Waals surface area contributed by atoms with Crippen molar-refractivity contribution >= 4 is 11.6 Å². The molecule has 102 valence electrons. The number of hydrogen-bond acceptors (Lipinski definition) is 4. The summed E-state index contributed by atoms with van der Waals surface area (Å²) >= 11 is 0. The molecule has 0 aromatic heterocycles. The molecule has 6 nitrogen and oxygen atoms in total. The summed E-state index contributed by atoms with van der Waals surface area (Å²) in [6.45, 7) is 2.55. The molecule has 1 atom stereocenters. The van der Waals surface area contributed by atoms with Crippen LogP contribution in [0.2, 0.25) is 0 Å². The minimum atomic E-state index is -0.626. The van der Waals surface area contributed by atoms with E-state index in [0.29, 0.717) is 18.4 Å². The highest BCUT2D eigenvalue weighted by molar-refractivity contribution is 5.98. The number of nitrogens with one attached hydrogen (secondary N) is 1. The number of benzene rings is 1. The van der Waals surface area contributed by atoms with Crippen LogP contribution in [0, 0.1) is 22.0 Å². The molecule has 6 heteroatoms. The SMILES string of the molecule is CC(CNC(=O)c1cc(O)ccc1[N+](=O)[O-])C1CC1.